The Balaban J connectivity index is 1.55. The van der Waals surface area contributed by atoms with Gasteiger partial charge in [-0.25, -0.2) is 0 Å². The highest BCUT2D eigenvalue weighted by Gasteiger charge is 2.31. The van der Waals surface area contributed by atoms with Crippen LogP contribution in [0.4, 0.5) is 0 Å². The maximum absolute atomic E-state index is 12.0. The molecule has 1 saturated heterocycles. The monoisotopic (exact) mass is 290 g/mol. The maximum atomic E-state index is 12.0. The molecule has 0 radical (unpaired) electrons. The Morgan fingerprint density at radius 2 is 2.05 bits per heavy atom. The molecule has 21 heavy (non-hydrogen) atoms. The lowest BCUT2D eigenvalue weighted by Gasteiger charge is -2.28. The molecule has 2 amide bonds. The molecule has 2 heterocycles. The van der Waals surface area contributed by atoms with Crippen LogP contribution in [0.25, 0.3) is 0 Å². The highest BCUT2D eigenvalue weighted by Crippen LogP contribution is 2.28. The largest absolute Gasteiger partial charge is 0.300 e. The molecule has 3 rings (SSSR count). The summed E-state index contributed by atoms with van der Waals surface area (Å²) in [5, 5.41) is 7.82. The van der Waals surface area contributed by atoms with Crippen molar-refractivity contribution < 1.29 is 9.59 Å². The molecular weight excluding hydrogens is 268 g/mol. The number of likely N-dealkylation sites (N-methyl/N-ethyl adjacent to an activating group) is 1. The van der Waals surface area contributed by atoms with Crippen LogP contribution in [0.15, 0.2) is 12.3 Å². The molecule has 0 aromatic carbocycles. The lowest BCUT2D eigenvalue weighted by Crippen LogP contribution is -2.51. The lowest BCUT2D eigenvalue weighted by atomic mass is 10.0. The van der Waals surface area contributed by atoms with E-state index in [1.54, 1.807) is 7.05 Å². The van der Waals surface area contributed by atoms with Crippen LogP contribution in [0, 0.1) is 0 Å². The van der Waals surface area contributed by atoms with Crippen LogP contribution in [0.5, 0.6) is 0 Å². The summed E-state index contributed by atoms with van der Waals surface area (Å²) in [7, 11) is 1.55. The highest BCUT2D eigenvalue weighted by atomic mass is 16.2. The van der Waals surface area contributed by atoms with Crippen LogP contribution < -0.4 is 5.32 Å². The summed E-state index contributed by atoms with van der Waals surface area (Å²) in [6.45, 7) is 0.568. The van der Waals surface area contributed by atoms with Crippen LogP contribution in [0.3, 0.4) is 0 Å². The molecule has 6 heteroatoms. The minimum atomic E-state index is -0.274. The minimum Gasteiger partial charge on any atom is -0.300 e. The smallest absolute Gasteiger partial charge is 0.246 e. The zero-order valence-corrected chi connectivity index (χ0v) is 12.4. The van der Waals surface area contributed by atoms with Gasteiger partial charge in [0.15, 0.2) is 0 Å². The second kappa shape index (κ2) is 5.97. The van der Waals surface area contributed by atoms with E-state index in [0.29, 0.717) is 25.4 Å². The van der Waals surface area contributed by atoms with E-state index in [0.717, 1.165) is 5.69 Å². The SMILES string of the molecule is CN1C(=O)CCC(NCc2ccn(C3CCCC3)n2)C1=O. The van der Waals surface area contributed by atoms with Crippen molar-refractivity contribution in [2.75, 3.05) is 7.05 Å². The Labute approximate surface area is 124 Å². The first-order valence-electron chi connectivity index (χ1n) is 7.73. The molecule has 2 aliphatic rings. The van der Waals surface area contributed by atoms with E-state index in [4.69, 9.17) is 0 Å². The van der Waals surface area contributed by atoms with Gasteiger partial charge in [-0.15, -0.1) is 0 Å². The normalized spacial score (nSPS) is 24.0. The number of carbonyl (C=O) groups is 2. The average molecular weight is 290 g/mol. The molecule has 114 valence electrons. The number of likely N-dealkylation sites (tertiary alicyclic amines) is 1. The van der Waals surface area contributed by atoms with Crippen molar-refractivity contribution in [3.8, 4) is 0 Å². The topological polar surface area (TPSA) is 67.2 Å². The summed E-state index contributed by atoms with van der Waals surface area (Å²) in [6, 6.07) is 2.27. The van der Waals surface area contributed by atoms with Gasteiger partial charge in [0, 0.05) is 26.2 Å². The number of amides is 2. The molecule has 2 fully saturated rings. The first kappa shape index (κ1) is 14.3. The molecule has 0 spiro atoms. The molecule has 1 N–H and O–H groups in total. The molecule has 1 unspecified atom stereocenters. The Hall–Kier alpha value is -1.69. The van der Waals surface area contributed by atoms with E-state index in [1.165, 1.54) is 30.6 Å². The predicted octanol–water partition coefficient (Wildman–Crippen LogP) is 1.24. The summed E-state index contributed by atoms with van der Waals surface area (Å²) < 4.78 is 2.06. The summed E-state index contributed by atoms with van der Waals surface area (Å²) in [6.07, 6.45) is 8.03. The summed E-state index contributed by atoms with van der Waals surface area (Å²) >= 11 is 0. The number of rotatable bonds is 4. The van der Waals surface area contributed by atoms with Crippen molar-refractivity contribution in [1.29, 1.82) is 0 Å². The van der Waals surface area contributed by atoms with Gasteiger partial charge in [0.2, 0.25) is 11.8 Å². The minimum absolute atomic E-state index is 0.0939. The average Bonchev–Trinajstić information content (AvgIpc) is 3.14. The predicted molar refractivity (Wildman–Crippen MR) is 77.4 cm³/mol. The van der Waals surface area contributed by atoms with Crippen molar-refractivity contribution in [2.24, 2.45) is 0 Å². The van der Waals surface area contributed by atoms with E-state index >= 15 is 0 Å². The number of carbonyl (C=O) groups excluding carboxylic acids is 2. The number of hydrogen-bond donors (Lipinski definition) is 1. The number of piperidine rings is 1. The van der Waals surface area contributed by atoms with Crippen molar-refractivity contribution in [2.45, 2.75) is 57.2 Å². The van der Waals surface area contributed by atoms with Gasteiger partial charge in [-0.1, -0.05) is 12.8 Å². The first-order valence-corrected chi connectivity index (χ1v) is 7.73. The zero-order valence-electron chi connectivity index (χ0n) is 12.4. The number of aromatic nitrogens is 2. The van der Waals surface area contributed by atoms with Gasteiger partial charge < -0.3 is 5.32 Å². The third-order valence-electron chi connectivity index (χ3n) is 4.54. The van der Waals surface area contributed by atoms with Gasteiger partial charge in [-0.2, -0.15) is 5.10 Å². The summed E-state index contributed by atoms with van der Waals surface area (Å²) in [4.78, 5) is 24.6. The van der Waals surface area contributed by atoms with Crippen LogP contribution in [-0.4, -0.2) is 39.6 Å². The number of imide groups is 1. The van der Waals surface area contributed by atoms with Gasteiger partial charge in [-0.3, -0.25) is 19.2 Å². The molecule has 1 aliphatic heterocycles. The van der Waals surface area contributed by atoms with Crippen molar-refractivity contribution in [3.63, 3.8) is 0 Å². The van der Waals surface area contributed by atoms with Gasteiger partial charge in [0.05, 0.1) is 17.8 Å². The zero-order chi connectivity index (χ0) is 14.8. The number of nitrogens with one attached hydrogen (secondary N) is 1. The van der Waals surface area contributed by atoms with Crippen LogP contribution in [0.2, 0.25) is 0 Å². The maximum Gasteiger partial charge on any atom is 0.246 e. The third-order valence-corrected chi connectivity index (χ3v) is 4.54. The molecule has 1 atom stereocenters. The number of nitrogens with zero attached hydrogens (tertiary/aromatic N) is 3. The fraction of sp³-hybridized carbons (Fsp3) is 0.667. The van der Waals surface area contributed by atoms with Crippen LogP contribution in [-0.2, 0) is 16.1 Å². The molecule has 6 nitrogen and oxygen atoms in total. The molecule has 1 aromatic rings. The van der Waals surface area contributed by atoms with Crippen LogP contribution in [0.1, 0.15) is 50.3 Å². The Kier molecular flexibility index (Phi) is 4.05. The van der Waals surface area contributed by atoms with Gasteiger partial charge in [-0.05, 0) is 25.3 Å². The van der Waals surface area contributed by atoms with Crippen molar-refractivity contribution in [3.05, 3.63) is 18.0 Å². The molecule has 0 bridgehead atoms. The Bertz CT molecular complexity index is 534. The molecule has 1 aromatic heterocycles. The van der Waals surface area contributed by atoms with E-state index in [2.05, 4.69) is 15.1 Å². The molecule has 1 aliphatic carbocycles. The fourth-order valence-electron chi connectivity index (χ4n) is 3.18. The van der Waals surface area contributed by atoms with E-state index in [9.17, 15) is 9.59 Å². The van der Waals surface area contributed by atoms with Gasteiger partial charge in [0.25, 0.3) is 0 Å². The third kappa shape index (κ3) is 3.00. The second-order valence-corrected chi connectivity index (χ2v) is 5.99. The van der Waals surface area contributed by atoms with Crippen molar-refractivity contribution in [1.82, 2.24) is 20.0 Å². The Morgan fingerprint density at radius 3 is 2.81 bits per heavy atom. The lowest BCUT2D eigenvalue weighted by molar-refractivity contribution is -0.148. The quantitative estimate of drug-likeness (QED) is 0.847. The summed E-state index contributed by atoms with van der Waals surface area (Å²) in [5.74, 6) is -0.231. The van der Waals surface area contributed by atoms with Crippen LogP contribution >= 0.6 is 0 Å². The summed E-state index contributed by atoms with van der Waals surface area (Å²) in [5.41, 5.74) is 0.953. The standard InChI is InChI=1S/C15H22N4O2/c1-18-14(20)7-6-13(15(18)21)16-10-11-8-9-19(17-11)12-4-2-3-5-12/h8-9,12-13,16H,2-7,10H2,1H3. The Morgan fingerprint density at radius 1 is 1.29 bits per heavy atom. The van der Waals surface area contributed by atoms with E-state index in [1.807, 2.05) is 12.3 Å². The second-order valence-electron chi connectivity index (χ2n) is 5.99. The highest BCUT2D eigenvalue weighted by molar-refractivity contribution is 6.00. The molecular formula is C15H22N4O2. The van der Waals surface area contributed by atoms with Gasteiger partial charge in [0.1, 0.15) is 0 Å². The number of hydrogen-bond acceptors (Lipinski definition) is 4. The van der Waals surface area contributed by atoms with Gasteiger partial charge >= 0.3 is 0 Å². The first-order chi connectivity index (χ1) is 10.1. The van der Waals surface area contributed by atoms with E-state index in [-0.39, 0.29) is 17.9 Å². The van der Waals surface area contributed by atoms with E-state index < -0.39 is 0 Å². The fourth-order valence-corrected chi connectivity index (χ4v) is 3.18. The van der Waals surface area contributed by atoms with Crippen molar-refractivity contribution >= 4 is 11.8 Å². The molecule has 1 saturated carbocycles.